The zero-order valence-corrected chi connectivity index (χ0v) is 16.4. The summed E-state index contributed by atoms with van der Waals surface area (Å²) in [6.45, 7) is 4.93. The summed E-state index contributed by atoms with van der Waals surface area (Å²) in [5.41, 5.74) is 2.32. The van der Waals surface area contributed by atoms with Crippen LogP contribution in [0.2, 0.25) is 0 Å². The van der Waals surface area contributed by atoms with E-state index in [2.05, 4.69) is 4.57 Å². The highest BCUT2D eigenvalue weighted by Gasteiger charge is 2.22. The van der Waals surface area contributed by atoms with Crippen LogP contribution in [0, 0.1) is 13.8 Å². The lowest BCUT2D eigenvalue weighted by molar-refractivity contribution is 0.0471. The van der Waals surface area contributed by atoms with Gasteiger partial charge in [-0.1, -0.05) is 0 Å². The van der Waals surface area contributed by atoms with Gasteiger partial charge in [-0.15, -0.1) is 0 Å². The lowest BCUT2D eigenvalue weighted by Crippen LogP contribution is -2.18. The van der Waals surface area contributed by atoms with Crippen LogP contribution in [0.3, 0.4) is 0 Å². The molecular formula is C21H25NO6. The molecule has 1 atom stereocenters. The van der Waals surface area contributed by atoms with E-state index in [0.29, 0.717) is 17.9 Å². The van der Waals surface area contributed by atoms with Gasteiger partial charge >= 0.3 is 5.97 Å². The van der Waals surface area contributed by atoms with Crippen molar-refractivity contribution in [1.82, 2.24) is 4.57 Å². The van der Waals surface area contributed by atoms with Crippen LogP contribution >= 0.6 is 0 Å². The van der Waals surface area contributed by atoms with Crippen molar-refractivity contribution < 1.29 is 28.9 Å². The number of benzene rings is 1. The summed E-state index contributed by atoms with van der Waals surface area (Å²) in [4.78, 5) is 24.8. The summed E-state index contributed by atoms with van der Waals surface area (Å²) < 4.78 is 17.8. The zero-order chi connectivity index (χ0) is 20.3. The summed E-state index contributed by atoms with van der Waals surface area (Å²) >= 11 is 0. The highest BCUT2D eigenvalue weighted by Crippen LogP contribution is 2.24. The average Bonchev–Trinajstić information content (AvgIpc) is 3.29. The van der Waals surface area contributed by atoms with E-state index < -0.39 is 12.6 Å². The Morgan fingerprint density at radius 1 is 1.25 bits per heavy atom. The van der Waals surface area contributed by atoms with Crippen molar-refractivity contribution in [1.29, 1.82) is 0 Å². The maximum Gasteiger partial charge on any atom is 0.342 e. The number of phenols is 1. The Morgan fingerprint density at radius 3 is 2.68 bits per heavy atom. The average molecular weight is 387 g/mol. The van der Waals surface area contributed by atoms with Crippen LogP contribution in [-0.2, 0) is 16.0 Å². The molecule has 1 N–H and O–H groups in total. The molecular weight excluding hydrogens is 362 g/mol. The number of ketones is 1. The maximum atomic E-state index is 12.6. The maximum absolute atomic E-state index is 12.6. The Kier molecular flexibility index (Phi) is 6.04. The quantitative estimate of drug-likeness (QED) is 0.580. The van der Waals surface area contributed by atoms with Gasteiger partial charge < -0.3 is 23.9 Å². The number of carbonyl (C=O) groups excluding carboxylic acids is 2. The van der Waals surface area contributed by atoms with Crippen LogP contribution in [0.25, 0.3) is 0 Å². The molecule has 1 aromatic heterocycles. The highest BCUT2D eigenvalue weighted by atomic mass is 16.5. The number of aromatic hydroxyl groups is 1. The van der Waals surface area contributed by atoms with Gasteiger partial charge in [0.25, 0.3) is 0 Å². The fourth-order valence-electron chi connectivity index (χ4n) is 3.45. The molecule has 0 bridgehead atoms. The smallest absolute Gasteiger partial charge is 0.342 e. The van der Waals surface area contributed by atoms with Gasteiger partial charge in [0.2, 0.25) is 5.78 Å². The highest BCUT2D eigenvalue weighted by molar-refractivity contribution is 6.01. The number of phenolic OH excluding ortho intramolecular Hbond substituents is 1. The van der Waals surface area contributed by atoms with Gasteiger partial charge in [0.15, 0.2) is 6.61 Å². The molecule has 28 heavy (non-hydrogen) atoms. The first-order valence-corrected chi connectivity index (χ1v) is 9.26. The molecule has 1 unspecified atom stereocenters. The van der Waals surface area contributed by atoms with Crippen LogP contribution in [0.4, 0.5) is 0 Å². The van der Waals surface area contributed by atoms with Crippen molar-refractivity contribution in [3.8, 4) is 11.5 Å². The molecule has 1 fully saturated rings. The van der Waals surface area contributed by atoms with E-state index in [1.54, 1.807) is 0 Å². The SMILES string of the molecule is COc1ccc(C(=O)OCC(=O)c2cc(C)n(CC3CCCO3)c2C)c(O)c1. The van der Waals surface area contributed by atoms with E-state index in [-0.39, 0.29) is 23.2 Å². The summed E-state index contributed by atoms with van der Waals surface area (Å²) in [6.07, 6.45) is 2.25. The van der Waals surface area contributed by atoms with Crippen molar-refractivity contribution in [2.75, 3.05) is 20.3 Å². The second kappa shape index (κ2) is 8.48. The Bertz CT molecular complexity index is 879. The molecule has 1 saturated heterocycles. The first-order valence-electron chi connectivity index (χ1n) is 9.26. The van der Waals surface area contributed by atoms with E-state index in [9.17, 15) is 14.7 Å². The molecule has 1 aliphatic rings. The molecule has 0 amide bonds. The van der Waals surface area contributed by atoms with Crippen molar-refractivity contribution in [2.45, 2.75) is 39.3 Å². The Balaban J connectivity index is 1.65. The molecule has 0 saturated carbocycles. The number of aryl methyl sites for hydroxylation is 1. The van der Waals surface area contributed by atoms with Crippen molar-refractivity contribution in [3.05, 3.63) is 46.8 Å². The number of hydrogen-bond donors (Lipinski definition) is 1. The minimum absolute atomic E-state index is 0.0162. The molecule has 7 nitrogen and oxygen atoms in total. The molecule has 1 aromatic carbocycles. The Morgan fingerprint density at radius 2 is 2.04 bits per heavy atom. The summed E-state index contributed by atoms with van der Waals surface area (Å²) in [5, 5.41) is 9.91. The van der Waals surface area contributed by atoms with Gasteiger partial charge in [0.05, 0.1) is 13.2 Å². The van der Waals surface area contributed by atoms with E-state index in [1.807, 2.05) is 19.9 Å². The number of rotatable bonds is 7. The molecule has 0 aliphatic carbocycles. The third-order valence-corrected chi connectivity index (χ3v) is 5.04. The van der Waals surface area contributed by atoms with Crippen LogP contribution in [0.1, 0.15) is 44.9 Å². The first-order chi connectivity index (χ1) is 13.4. The topological polar surface area (TPSA) is 87.0 Å². The van der Waals surface area contributed by atoms with Gasteiger partial charge in [-0.25, -0.2) is 4.79 Å². The second-order valence-electron chi connectivity index (χ2n) is 6.91. The fourth-order valence-corrected chi connectivity index (χ4v) is 3.45. The fraction of sp³-hybridized carbons (Fsp3) is 0.429. The number of nitrogens with zero attached hydrogens (tertiary/aromatic N) is 1. The van der Waals surface area contributed by atoms with E-state index in [0.717, 1.165) is 30.8 Å². The molecule has 3 rings (SSSR count). The van der Waals surface area contributed by atoms with E-state index >= 15 is 0 Å². The van der Waals surface area contributed by atoms with Crippen molar-refractivity contribution in [3.63, 3.8) is 0 Å². The van der Waals surface area contributed by atoms with Gasteiger partial charge in [-0.3, -0.25) is 4.79 Å². The minimum atomic E-state index is -0.762. The Hall–Kier alpha value is -2.80. The van der Waals surface area contributed by atoms with Crippen molar-refractivity contribution >= 4 is 11.8 Å². The van der Waals surface area contributed by atoms with Gasteiger partial charge in [-0.05, 0) is 44.9 Å². The number of Topliss-reactive ketones (excluding diaryl/α,β-unsaturated/α-hetero) is 1. The number of ether oxygens (including phenoxy) is 3. The lowest BCUT2D eigenvalue weighted by Gasteiger charge is -2.14. The van der Waals surface area contributed by atoms with Gasteiger partial charge in [-0.2, -0.15) is 0 Å². The van der Waals surface area contributed by atoms with E-state index in [1.165, 1.54) is 25.3 Å². The molecule has 150 valence electrons. The largest absolute Gasteiger partial charge is 0.507 e. The van der Waals surface area contributed by atoms with Crippen LogP contribution in [0.5, 0.6) is 11.5 Å². The van der Waals surface area contributed by atoms with Crippen LogP contribution in [0.15, 0.2) is 24.3 Å². The summed E-state index contributed by atoms with van der Waals surface area (Å²) in [5.74, 6) is -0.884. The van der Waals surface area contributed by atoms with Gasteiger partial charge in [0.1, 0.15) is 17.1 Å². The minimum Gasteiger partial charge on any atom is -0.507 e. The number of methoxy groups -OCH3 is 1. The third kappa shape index (κ3) is 4.20. The number of aromatic nitrogens is 1. The molecule has 2 heterocycles. The predicted molar refractivity (Wildman–Crippen MR) is 102 cm³/mol. The lowest BCUT2D eigenvalue weighted by atomic mass is 10.1. The standard InChI is InChI=1S/C21H25NO6/c1-13-9-18(14(2)22(13)11-16-5-4-8-27-16)20(24)12-28-21(25)17-7-6-15(26-3)10-19(17)23/h6-7,9-10,16,23H,4-5,8,11-12H2,1-3H3. The summed E-state index contributed by atoms with van der Waals surface area (Å²) in [7, 11) is 1.46. The molecule has 7 heteroatoms. The summed E-state index contributed by atoms with van der Waals surface area (Å²) in [6, 6.07) is 6.06. The number of hydrogen-bond acceptors (Lipinski definition) is 6. The van der Waals surface area contributed by atoms with E-state index in [4.69, 9.17) is 14.2 Å². The van der Waals surface area contributed by atoms with Gasteiger partial charge in [0, 0.05) is 36.2 Å². The molecule has 0 spiro atoms. The zero-order valence-electron chi connectivity index (χ0n) is 16.4. The normalized spacial score (nSPS) is 16.2. The van der Waals surface area contributed by atoms with Crippen molar-refractivity contribution in [2.24, 2.45) is 0 Å². The molecule has 2 aromatic rings. The van der Waals surface area contributed by atoms with Crippen LogP contribution < -0.4 is 4.74 Å². The Labute approximate surface area is 163 Å². The molecule has 0 radical (unpaired) electrons. The first kappa shape index (κ1) is 19.9. The van der Waals surface area contributed by atoms with Crippen LogP contribution in [-0.4, -0.2) is 47.9 Å². The molecule has 1 aliphatic heterocycles. The number of esters is 1. The second-order valence-corrected chi connectivity index (χ2v) is 6.91. The predicted octanol–water partition coefficient (Wildman–Crippen LogP) is 3.04. The number of carbonyl (C=O) groups is 2. The third-order valence-electron chi connectivity index (χ3n) is 5.04. The monoisotopic (exact) mass is 387 g/mol.